The second kappa shape index (κ2) is 26.5. The molecule has 6 rings (SSSR count). The second-order valence-corrected chi connectivity index (χ2v) is 26.0. The maximum Gasteiger partial charge on any atom is 0.181 e. The number of hydrogen-bond acceptors (Lipinski definition) is 7. The van der Waals surface area contributed by atoms with Gasteiger partial charge in [-0.25, -0.2) is 0 Å². The standard InChI is InChI=1S/C12H23NO.C12H23N.C11H17N.C10H15N.C8H14N2.C7H14O/c1-10(14-5)13-8-6-11(7-9-13)12(2,3)4;1-10(2)13-8-6-11(7-9-13)12(3,4)5;1-8-6-7-10(9(2)12-8)11(3,4)5;1-8-9(10(2,3)4)6-5-7-11-8;1-8(2,3)7-5-6-9-10(7)4;1-7(2,3)6-4-8-5-6/h11H,1,6-9H2,2-5H3;11H,1,6-9H2,2-5H3;6-7H,1-5H3;5-7H,1-4H3;5-6H,1-4H3;6H,4-5H2,1-3H3. The van der Waals surface area contributed by atoms with Crippen LogP contribution in [0.2, 0.25) is 0 Å². The van der Waals surface area contributed by atoms with Gasteiger partial charge in [-0.1, -0.05) is 143 Å². The van der Waals surface area contributed by atoms with E-state index in [1.807, 2.05) is 37.1 Å². The molecule has 0 bridgehead atoms. The van der Waals surface area contributed by atoms with Crippen LogP contribution in [0.15, 0.2) is 67.5 Å². The first-order chi connectivity index (χ1) is 30.9. The summed E-state index contributed by atoms with van der Waals surface area (Å²) in [5.41, 5.74) is 10.6. The Labute approximate surface area is 420 Å². The van der Waals surface area contributed by atoms with Crippen molar-refractivity contribution in [2.24, 2.45) is 41.0 Å². The van der Waals surface area contributed by atoms with E-state index in [2.05, 4.69) is 208 Å². The third-order valence-electron chi connectivity index (χ3n) is 13.9. The van der Waals surface area contributed by atoms with Gasteiger partial charge in [0.05, 0.1) is 20.3 Å². The smallest absolute Gasteiger partial charge is 0.181 e. The van der Waals surface area contributed by atoms with Gasteiger partial charge in [0, 0.05) is 85.4 Å². The monoisotopic (exact) mass is 943 g/mol. The van der Waals surface area contributed by atoms with Gasteiger partial charge >= 0.3 is 0 Å². The lowest BCUT2D eigenvalue weighted by Crippen LogP contribution is -2.37. The zero-order valence-electron chi connectivity index (χ0n) is 48.8. The van der Waals surface area contributed by atoms with E-state index in [1.54, 1.807) is 7.11 Å². The van der Waals surface area contributed by atoms with Crippen molar-refractivity contribution in [2.45, 2.75) is 194 Å². The van der Waals surface area contributed by atoms with Gasteiger partial charge in [-0.3, -0.25) is 14.6 Å². The number of ether oxygens (including phenoxy) is 2. The molecule has 3 aliphatic rings. The lowest BCUT2D eigenvalue weighted by molar-refractivity contribution is -0.0821. The molecule has 0 aliphatic carbocycles. The summed E-state index contributed by atoms with van der Waals surface area (Å²) in [5.74, 6) is 3.35. The molecule has 3 aliphatic heterocycles. The molecule has 6 heterocycles. The quantitative estimate of drug-likeness (QED) is 0.242. The molecule has 3 aromatic rings. The highest BCUT2D eigenvalue weighted by Gasteiger charge is 2.31. The minimum absolute atomic E-state index is 0.213. The van der Waals surface area contributed by atoms with Crippen molar-refractivity contribution >= 4 is 0 Å². The Hall–Kier alpha value is -3.65. The summed E-state index contributed by atoms with van der Waals surface area (Å²) < 4.78 is 12.1. The van der Waals surface area contributed by atoms with E-state index in [-0.39, 0.29) is 16.2 Å². The summed E-state index contributed by atoms with van der Waals surface area (Å²) in [6.07, 6.45) is 8.84. The first-order valence-corrected chi connectivity index (χ1v) is 25.7. The van der Waals surface area contributed by atoms with Crippen molar-refractivity contribution in [3.05, 3.63) is 101 Å². The van der Waals surface area contributed by atoms with Crippen LogP contribution < -0.4 is 0 Å². The minimum Gasteiger partial charge on any atom is -0.483 e. The molecule has 8 heteroatoms. The normalized spacial score (nSPS) is 16.4. The lowest BCUT2D eigenvalue weighted by Gasteiger charge is -2.39. The van der Waals surface area contributed by atoms with Crippen molar-refractivity contribution in [1.29, 1.82) is 0 Å². The first kappa shape index (κ1) is 62.4. The predicted molar refractivity (Wildman–Crippen MR) is 294 cm³/mol. The topological polar surface area (TPSA) is 68.5 Å². The SMILES string of the molecule is C=C(C)N1CCC(C(C)(C)C)CC1.C=C(OC)N1CCC(C(C)(C)C)CC1.CC(C)(C)C1COC1.Cc1ccc(C(C)(C)C)c(C)n1.Cc1ncccc1C(C)(C)C.Cn1nccc1C(C)(C)C. The number of rotatable bonds is 3. The molecule has 0 aromatic carbocycles. The predicted octanol–water partition coefficient (Wildman–Crippen LogP) is 15.2. The highest BCUT2D eigenvalue weighted by Crippen LogP contribution is 2.36. The van der Waals surface area contributed by atoms with Crippen LogP contribution >= 0.6 is 0 Å². The van der Waals surface area contributed by atoms with Crippen molar-refractivity contribution in [1.82, 2.24) is 29.5 Å². The molecular weight excluding hydrogens is 837 g/mol. The maximum atomic E-state index is 5.14. The number of allylic oxidation sites excluding steroid dienone is 1. The summed E-state index contributed by atoms with van der Waals surface area (Å²) in [7, 11) is 3.67. The third kappa shape index (κ3) is 22.4. The lowest BCUT2D eigenvalue weighted by atomic mass is 9.75. The molecular formula is C60H106N6O2. The fourth-order valence-corrected chi connectivity index (χ4v) is 8.85. The van der Waals surface area contributed by atoms with Crippen LogP contribution in [0, 0.1) is 54.8 Å². The van der Waals surface area contributed by atoms with Gasteiger partial charge in [-0.05, 0) is 128 Å². The molecule has 0 amide bonds. The van der Waals surface area contributed by atoms with Gasteiger partial charge in [-0.15, -0.1) is 0 Å². The average molecular weight is 944 g/mol. The highest BCUT2D eigenvalue weighted by atomic mass is 16.5. The number of pyridine rings is 2. The van der Waals surface area contributed by atoms with Crippen LogP contribution in [0.4, 0.5) is 0 Å². The molecule has 0 unspecified atom stereocenters. The molecule has 68 heavy (non-hydrogen) atoms. The van der Waals surface area contributed by atoms with Gasteiger partial charge in [-0.2, -0.15) is 5.10 Å². The van der Waals surface area contributed by atoms with E-state index >= 15 is 0 Å². The van der Waals surface area contributed by atoms with Gasteiger partial charge in [0.1, 0.15) is 0 Å². The Morgan fingerprint density at radius 2 is 1.03 bits per heavy atom. The van der Waals surface area contributed by atoms with E-state index < -0.39 is 0 Å². The highest BCUT2D eigenvalue weighted by molar-refractivity contribution is 5.28. The molecule has 0 radical (unpaired) electrons. The molecule has 3 saturated heterocycles. The molecule has 8 nitrogen and oxygen atoms in total. The summed E-state index contributed by atoms with van der Waals surface area (Å²) in [6, 6.07) is 10.4. The van der Waals surface area contributed by atoms with E-state index in [0.29, 0.717) is 16.2 Å². The molecule has 3 aromatic heterocycles. The number of aromatic nitrogens is 4. The van der Waals surface area contributed by atoms with Crippen molar-refractivity contribution in [3.8, 4) is 0 Å². The molecule has 3 fully saturated rings. The Kier molecular flexibility index (Phi) is 24.3. The summed E-state index contributed by atoms with van der Waals surface area (Å²) >= 11 is 0. The van der Waals surface area contributed by atoms with Gasteiger partial charge in [0.2, 0.25) is 0 Å². The Morgan fingerprint density at radius 1 is 0.588 bits per heavy atom. The van der Waals surface area contributed by atoms with Crippen LogP contribution in [0.1, 0.15) is 191 Å². The fourth-order valence-electron chi connectivity index (χ4n) is 8.85. The third-order valence-corrected chi connectivity index (χ3v) is 13.9. The van der Waals surface area contributed by atoms with Gasteiger partial charge in [0.25, 0.3) is 0 Å². The zero-order valence-corrected chi connectivity index (χ0v) is 48.8. The number of methoxy groups -OCH3 is 1. The Balaban J connectivity index is 0.000000411. The first-order valence-electron chi connectivity index (χ1n) is 25.7. The molecule has 388 valence electrons. The van der Waals surface area contributed by atoms with Crippen LogP contribution in [0.25, 0.3) is 0 Å². The summed E-state index contributed by atoms with van der Waals surface area (Å²) in [5, 5.41) is 4.10. The minimum atomic E-state index is 0.213. The average Bonchev–Trinajstić information content (AvgIpc) is 3.63. The largest absolute Gasteiger partial charge is 0.483 e. The number of piperidine rings is 2. The van der Waals surface area contributed by atoms with Crippen LogP contribution in [-0.4, -0.2) is 76.1 Å². The number of likely N-dealkylation sites (tertiary alicyclic amines) is 2. The zero-order chi connectivity index (χ0) is 52.6. The van der Waals surface area contributed by atoms with Gasteiger partial charge in [0.15, 0.2) is 5.88 Å². The van der Waals surface area contributed by atoms with Gasteiger partial charge < -0.3 is 19.3 Å². The molecule has 0 N–H and O–H groups in total. The van der Waals surface area contributed by atoms with E-state index in [9.17, 15) is 0 Å². The van der Waals surface area contributed by atoms with E-state index in [1.165, 1.54) is 61.3 Å². The molecule has 0 saturated carbocycles. The second-order valence-electron chi connectivity index (χ2n) is 26.0. The maximum absolute atomic E-state index is 5.14. The molecule has 0 spiro atoms. The van der Waals surface area contributed by atoms with Crippen LogP contribution in [0.5, 0.6) is 0 Å². The van der Waals surface area contributed by atoms with Crippen molar-refractivity contribution in [3.63, 3.8) is 0 Å². The van der Waals surface area contributed by atoms with Crippen LogP contribution in [0.3, 0.4) is 0 Å². The summed E-state index contributed by atoms with van der Waals surface area (Å²) in [4.78, 5) is 13.3. The number of nitrogens with zero attached hydrogens (tertiary/aromatic N) is 6. The van der Waals surface area contributed by atoms with E-state index in [0.717, 1.165) is 67.0 Å². The Bertz CT molecular complexity index is 1920. The fraction of sp³-hybridized carbons (Fsp3) is 0.717. The number of aryl methyl sites for hydroxylation is 4. The van der Waals surface area contributed by atoms with E-state index in [4.69, 9.17) is 9.47 Å². The van der Waals surface area contributed by atoms with Crippen molar-refractivity contribution < 1.29 is 9.47 Å². The van der Waals surface area contributed by atoms with Crippen LogP contribution in [-0.2, 0) is 32.8 Å². The Morgan fingerprint density at radius 3 is 1.29 bits per heavy atom. The molecule has 0 atom stereocenters. The number of hydrogen-bond donors (Lipinski definition) is 0. The summed E-state index contributed by atoms with van der Waals surface area (Å²) in [6.45, 7) is 63.4. The van der Waals surface area contributed by atoms with Crippen molar-refractivity contribution in [2.75, 3.05) is 46.5 Å².